The van der Waals surface area contributed by atoms with Crippen LogP contribution in [-0.4, -0.2) is 18.4 Å². The lowest BCUT2D eigenvalue weighted by Gasteiger charge is -2.11. The van der Waals surface area contributed by atoms with E-state index in [0.717, 1.165) is 5.57 Å². The molecule has 50 valence electrons. The number of aliphatic imine (C=N–C) groups is 1. The standard InChI is InChI=1S/C6H11N3/c1-4-2-5(7)3-9-6(4)8/h2,5H,3,7H2,1H3,(H2,8,9). The van der Waals surface area contributed by atoms with Crippen LogP contribution in [0.5, 0.6) is 0 Å². The average molecular weight is 125 g/mol. The molecule has 0 fully saturated rings. The molecule has 0 saturated carbocycles. The summed E-state index contributed by atoms with van der Waals surface area (Å²) in [5.41, 5.74) is 12.0. The van der Waals surface area contributed by atoms with E-state index in [1.54, 1.807) is 0 Å². The fraction of sp³-hybridized carbons (Fsp3) is 0.500. The molecule has 0 radical (unpaired) electrons. The van der Waals surface area contributed by atoms with Crippen molar-refractivity contribution in [2.75, 3.05) is 6.54 Å². The molecule has 9 heavy (non-hydrogen) atoms. The molecule has 1 aliphatic rings. The number of nitrogens with zero attached hydrogens (tertiary/aromatic N) is 1. The number of hydrogen-bond donors (Lipinski definition) is 2. The third-order valence-corrected chi connectivity index (χ3v) is 1.34. The highest BCUT2D eigenvalue weighted by atomic mass is 14.9. The molecule has 0 saturated heterocycles. The summed E-state index contributed by atoms with van der Waals surface area (Å²) >= 11 is 0. The predicted octanol–water partition coefficient (Wildman–Crippen LogP) is -0.369. The minimum absolute atomic E-state index is 0.0669. The van der Waals surface area contributed by atoms with Gasteiger partial charge < -0.3 is 11.5 Å². The molecule has 0 aliphatic carbocycles. The summed E-state index contributed by atoms with van der Waals surface area (Å²) in [6.07, 6.45) is 1.93. The second-order valence-corrected chi connectivity index (χ2v) is 2.24. The highest BCUT2D eigenvalue weighted by Crippen LogP contribution is 2.01. The average Bonchev–Trinajstić information content (AvgIpc) is 1.80. The molecular formula is C6H11N3. The molecule has 1 atom stereocenters. The fourth-order valence-electron chi connectivity index (χ4n) is 0.788. The number of hydrogen-bond acceptors (Lipinski definition) is 3. The van der Waals surface area contributed by atoms with E-state index in [1.165, 1.54) is 0 Å². The van der Waals surface area contributed by atoms with Crippen LogP contribution in [0, 0.1) is 0 Å². The first-order chi connectivity index (χ1) is 4.20. The minimum atomic E-state index is 0.0669. The van der Waals surface area contributed by atoms with Crippen LogP contribution in [-0.2, 0) is 0 Å². The van der Waals surface area contributed by atoms with E-state index >= 15 is 0 Å². The maximum absolute atomic E-state index is 5.55. The van der Waals surface area contributed by atoms with Gasteiger partial charge in [0.25, 0.3) is 0 Å². The first kappa shape index (κ1) is 6.29. The van der Waals surface area contributed by atoms with Crippen molar-refractivity contribution in [1.82, 2.24) is 0 Å². The molecule has 1 heterocycles. The van der Waals surface area contributed by atoms with Gasteiger partial charge in [0.2, 0.25) is 0 Å². The fourth-order valence-corrected chi connectivity index (χ4v) is 0.788. The lowest BCUT2D eigenvalue weighted by Crippen LogP contribution is -2.29. The van der Waals surface area contributed by atoms with Gasteiger partial charge in [-0.3, -0.25) is 4.99 Å². The summed E-state index contributed by atoms with van der Waals surface area (Å²) < 4.78 is 0. The van der Waals surface area contributed by atoms with E-state index in [9.17, 15) is 0 Å². The van der Waals surface area contributed by atoms with Crippen molar-refractivity contribution in [3.63, 3.8) is 0 Å². The Kier molecular flexibility index (Phi) is 1.53. The van der Waals surface area contributed by atoms with Crippen molar-refractivity contribution in [2.24, 2.45) is 16.5 Å². The normalized spacial score (nSPS) is 27.1. The highest BCUT2D eigenvalue weighted by molar-refractivity contribution is 5.97. The van der Waals surface area contributed by atoms with Crippen LogP contribution in [0.25, 0.3) is 0 Å². The molecule has 3 nitrogen and oxygen atoms in total. The van der Waals surface area contributed by atoms with E-state index in [0.29, 0.717) is 12.4 Å². The minimum Gasteiger partial charge on any atom is -0.384 e. The second-order valence-electron chi connectivity index (χ2n) is 2.24. The number of dihydropyridines is 1. The van der Waals surface area contributed by atoms with Crippen molar-refractivity contribution < 1.29 is 0 Å². The summed E-state index contributed by atoms with van der Waals surface area (Å²) in [5, 5.41) is 0. The van der Waals surface area contributed by atoms with E-state index in [4.69, 9.17) is 11.5 Å². The van der Waals surface area contributed by atoms with E-state index in [2.05, 4.69) is 4.99 Å². The number of rotatable bonds is 0. The Morgan fingerprint density at radius 1 is 1.78 bits per heavy atom. The molecule has 0 aromatic rings. The van der Waals surface area contributed by atoms with Gasteiger partial charge in [0, 0.05) is 6.04 Å². The topological polar surface area (TPSA) is 64.4 Å². The van der Waals surface area contributed by atoms with Crippen LogP contribution in [0.2, 0.25) is 0 Å². The second kappa shape index (κ2) is 2.19. The molecule has 1 unspecified atom stereocenters. The van der Waals surface area contributed by atoms with E-state index in [-0.39, 0.29) is 6.04 Å². The summed E-state index contributed by atoms with van der Waals surface area (Å²) in [5.74, 6) is 0.622. The van der Waals surface area contributed by atoms with Crippen molar-refractivity contribution in [2.45, 2.75) is 13.0 Å². The molecule has 1 aliphatic heterocycles. The van der Waals surface area contributed by atoms with Gasteiger partial charge in [0.1, 0.15) is 5.84 Å². The molecule has 1 rings (SSSR count). The van der Waals surface area contributed by atoms with Crippen LogP contribution in [0.15, 0.2) is 16.6 Å². The van der Waals surface area contributed by atoms with E-state index in [1.807, 2.05) is 13.0 Å². The summed E-state index contributed by atoms with van der Waals surface area (Å²) in [4.78, 5) is 3.99. The van der Waals surface area contributed by atoms with Crippen molar-refractivity contribution >= 4 is 5.84 Å². The maximum atomic E-state index is 5.55. The largest absolute Gasteiger partial charge is 0.384 e. The van der Waals surface area contributed by atoms with Crippen molar-refractivity contribution in [1.29, 1.82) is 0 Å². The smallest absolute Gasteiger partial charge is 0.120 e. The van der Waals surface area contributed by atoms with E-state index < -0.39 is 0 Å². The zero-order chi connectivity index (χ0) is 6.85. The van der Waals surface area contributed by atoms with Crippen LogP contribution in [0.1, 0.15) is 6.92 Å². The zero-order valence-electron chi connectivity index (χ0n) is 5.46. The van der Waals surface area contributed by atoms with Crippen molar-refractivity contribution in [3.8, 4) is 0 Å². The molecule has 4 N–H and O–H groups in total. The number of nitrogens with two attached hydrogens (primary N) is 2. The predicted molar refractivity (Wildman–Crippen MR) is 38.2 cm³/mol. The van der Waals surface area contributed by atoms with Crippen LogP contribution in [0.3, 0.4) is 0 Å². The van der Waals surface area contributed by atoms with Gasteiger partial charge in [-0.1, -0.05) is 6.08 Å². The first-order valence-electron chi connectivity index (χ1n) is 2.94. The zero-order valence-corrected chi connectivity index (χ0v) is 5.46. The van der Waals surface area contributed by atoms with Crippen molar-refractivity contribution in [3.05, 3.63) is 11.6 Å². The Labute approximate surface area is 54.4 Å². The Bertz CT molecular complexity index is 169. The SMILES string of the molecule is CC1=CC(N)CN=C1N. The Morgan fingerprint density at radius 3 is 2.89 bits per heavy atom. The molecule has 3 heteroatoms. The Balaban J connectivity index is 2.75. The van der Waals surface area contributed by atoms with Crippen LogP contribution >= 0.6 is 0 Å². The third kappa shape index (κ3) is 1.29. The lowest BCUT2D eigenvalue weighted by molar-refractivity contribution is 0.806. The van der Waals surface area contributed by atoms with Gasteiger partial charge in [-0.15, -0.1) is 0 Å². The quantitative estimate of drug-likeness (QED) is 0.464. The van der Waals surface area contributed by atoms with Crippen LogP contribution in [0.4, 0.5) is 0 Å². The van der Waals surface area contributed by atoms with Gasteiger partial charge >= 0.3 is 0 Å². The molecule has 0 amide bonds. The van der Waals surface area contributed by atoms with Gasteiger partial charge in [-0.25, -0.2) is 0 Å². The van der Waals surface area contributed by atoms with Gasteiger partial charge in [0.05, 0.1) is 6.54 Å². The monoisotopic (exact) mass is 125 g/mol. The van der Waals surface area contributed by atoms with Gasteiger partial charge in [-0.2, -0.15) is 0 Å². The molecular weight excluding hydrogens is 114 g/mol. The maximum Gasteiger partial charge on any atom is 0.120 e. The molecule has 0 bridgehead atoms. The molecule has 0 aromatic heterocycles. The third-order valence-electron chi connectivity index (χ3n) is 1.34. The Hall–Kier alpha value is -0.830. The summed E-state index contributed by atoms with van der Waals surface area (Å²) in [6.45, 7) is 2.54. The first-order valence-corrected chi connectivity index (χ1v) is 2.94. The molecule has 0 aromatic carbocycles. The lowest BCUT2D eigenvalue weighted by atomic mass is 10.1. The van der Waals surface area contributed by atoms with Crippen LogP contribution < -0.4 is 11.5 Å². The van der Waals surface area contributed by atoms with Gasteiger partial charge in [0.15, 0.2) is 0 Å². The highest BCUT2D eigenvalue weighted by Gasteiger charge is 2.06. The number of amidine groups is 1. The molecule has 0 spiro atoms. The summed E-state index contributed by atoms with van der Waals surface area (Å²) in [6, 6.07) is 0.0669. The Morgan fingerprint density at radius 2 is 2.44 bits per heavy atom. The van der Waals surface area contributed by atoms with Gasteiger partial charge in [-0.05, 0) is 12.5 Å². The summed E-state index contributed by atoms with van der Waals surface area (Å²) in [7, 11) is 0.